The number of pyridine rings is 1. The van der Waals surface area contributed by atoms with Gasteiger partial charge in [-0.15, -0.1) is 0 Å². The van der Waals surface area contributed by atoms with Gasteiger partial charge in [-0.1, -0.05) is 0 Å². The normalized spacial score (nSPS) is 10.8. The van der Waals surface area contributed by atoms with Crippen LogP contribution in [0.15, 0.2) is 12.3 Å². The second-order valence-electron chi connectivity index (χ2n) is 3.36. The van der Waals surface area contributed by atoms with Crippen LogP contribution in [0.3, 0.4) is 0 Å². The van der Waals surface area contributed by atoms with Crippen LogP contribution in [0.5, 0.6) is 0 Å². The fourth-order valence-electron chi connectivity index (χ4n) is 1.13. The monoisotopic (exact) mass is 274 g/mol. The second kappa shape index (κ2) is 5.54. The molecule has 100 valence electrons. The summed E-state index contributed by atoms with van der Waals surface area (Å²) in [5.41, 5.74) is 6.42. The zero-order valence-corrected chi connectivity index (χ0v) is 10.7. The van der Waals surface area contributed by atoms with Gasteiger partial charge in [-0.2, -0.15) is 8.42 Å². The molecule has 0 aliphatic carbocycles. The van der Waals surface area contributed by atoms with Gasteiger partial charge in [-0.25, -0.2) is 19.2 Å². The highest BCUT2D eigenvalue weighted by Gasteiger charge is 2.16. The van der Waals surface area contributed by atoms with Crippen LogP contribution in [-0.2, 0) is 14.9 Å². The molecule has 0 atom stereocenters. The molecule has 1 aromatic heterocycles. The molecule has 0 bridgehead atoms. The number of hydrogen-bond donors (Lipinski definition) is 3. The Balaban J connectivity index is 2.79. The third-order valence-corrected chi connectivity index (χ3v) is 2.72. The molecule has 0 aromatic carbocycles. The molecule has 0 saturated heterocycles. The van der Waals surface area contributed by atoms with Crippen molar-refractivity contribution in [1.29, 1.82) is 0 Å². The van der Waals surface area contributed by atoms with Crippen LogP contribution in [-0.4, -0.2) is 26.1 Å². The molecule has 0 aliphatic rings. The van der Waals surface area contributed by atoms with Crippen molar-refractivity contribution >= 4 is 27.8 Å². The minimum Gasteiger partial charge on any atom is -0.449 e. The number of carbonyl (C=O) groups excluding carboxylic acids is 1. The summed E-state index contributed by atoms with van der Waals surface area (Å²) in [6, 6.07) is 1.55. The van der Waals surface area contributed by atoms with Gasteiger partial charge in [0.1, 0.15) is 5.82 Å². The van der Waals surface area contributed by atoms with Crippen LogP contribution in [0, 0.1) is 6.92 Å². The molecule has 1 heterocycles. The molecule has 0 aliphatic heterocycles. The molecule has 9 heteroatoms. The van der Waals surface area contributed by atoms with E-state index in [9.17, 15) is 13.2 Å². The molecule has 1 aromatic rings. The molecule has 0 fully saturated rings. The fraction of sp³-hybridized carbons (Fsp3) is 0.333. The third kappa shape index (κ3) is 4.09. The molecular formula is C9H14N4O4S. The number of nitrogens with zero attached hydrogens (tertiary/aromatic N) is 1. The summed E-state index contributed by atoms with van der Waals surface area (Å²) in [7, 11) is -4.07. The Labute approximate surface area is 105 Å². The minimum absolute atomic E-state index is 0.0699. The van der Waals surface area contributed by atoms with Crippen molar-refractivity contribution in [3.05, 3.63) is 17.8 Å². The average Bonchev–Trinajstić information content (AvgIpc) is 2.21. The van der Waals surface area contributed by atoms with E-state index in [0.717, 1.165) is 0 Å². The van der Waals surface area contributed by atoms with Crippen molar-refractivity contribution in [3.63, 3.8) is 0 Å². The van der Waals surface area contributed by atoms with Crippen LogP contribution >= 0.6 is 0 Å². The number of ether oxygens (including phenoxy) is 1. The van der Waals surface area contributed by atoms with E-state index in [2.05, 4.69) is 14.4 Å². The van der Waals surface area contributed by atoms with Crippen molar-refractivity contribution in [2.24, 2.45) is 0 Å². The summed E-state index contributed by atoms with van der Waals surface area (Å²) < 4.78 is 31.3. The molecule has 0 saturated carbocycles. The maximum absolute atomic E-state index is 11.5. The number of aryl methyl sites for hydroxylation is 1. The number of carbonyl (C=O) groups is 1. The summed E-state index contributed by atoms with van der Waals surface area (Å²) in [6.45, 7) is 3.26. The lowest BCUT2D eigenvalue weighted by atomic mass is 10.3. The van der Waals surface area contributed by atoms with Gasteiger partial charge in [-0.05, 0) is 25.5 Å². The number of aromatic nitrogens is 1. The highest BCUT2D eigenvalue weighted by atomic mass is 32.2. The summed E-state index contributed by atoms with van der Waals surface area (Å²) in [6.07, 6.45) is 0.243. The molecule has 0 unspecified atom stereocenters. The molecule has 18 heavy (non-hydrogen) atoms. The maximum Gasteiger partial charge on any atom is 0.422 e. The predicted octanol–water partition coefficient (Wildman–Crippen LogP) is 0.375. The minimum atomic E-state index is -4.07. The topological polar surface area (TPSA) is 123 Å². The first-order chi connectivity index (χ1) is 8.34. The number of nitrogens with one attached hydrogen (secondary N) is 2. The highest BCUT2D eigenvalue weighted by molar-refractivity contribution is 7.91. The first-order valence-corrected chi connectivity index (χ1v) is 6.52. The summed E-state index contributed by atoms with van der Waals surface area (Å²) >= 11 is 0. The Morgan fingerprint density at radius 1 is 1.56 bits per heavy atom. The van der Waals surface area contributed by atoms with Crippen LogP contribution in [0.2, 0.25) is 0 Å². The highest BCUT2D eigenvalue weighted by Crippen LogP contribution is 2.14. The SMILES string of the molecule is CCOC(=O)NS(=O)(=O)Nc1ncc(N)cc1C. The van der Waals surface area contributed by atoms with Gasteiger partial charge < -0.3 is 10.5 Å². The van der Waals surface area contributed by atoms with Gasteiger partial charge in [0.15, 0.2) is 0 Å². The van der Waals surface area contributed by atoms with E-state index in [-0.39, 0.29) is 12.4 Å². The van der Waals surface area contributed by atoms with Crippen LogP contribution in [0.4, 0.5) is 16.3 Å². The molecule has 8 nitrogen and oxygen atoms in total. The van der Waals surface area contributed by atoms with Gasteiger partial charge in [0.05, 0.1) is 18.5 Å². The van der Waals surface area contributed by atoms with E-state index >= 15 is 0 Å². The molecule has 1 amide bonds. The summed E-state index contributed by atoms with van der Waals surface area (Å²) in [4.78, 5) is 14.8. The molecule has 1 rings (SSSR count). The largest absolute Gasteiger partial charge is 0.449 e. The standard InChI is InChI=1S/C9H14N4O4S/c1-3-17-9(14)13-18(15,16)12-8-6(2)4-7(10)5-11-8/h4-5H,3,10H2,1-2H3,(H,11,12)(H,13,14). The van der Waals surface area contributed by atoms with Gasteiger partial charge in [0.25, 0.3) is 0 Å². The molecule has 0 spiro atoms. The molecule has 0 radical (unpaired) electrons. The Hall–Kier alpha value is -2.03. The Morgan fingerprint density at radius 2 is 2.22 bits per heavy atom. The van der Waals surface area contributed by atoms with E-state index in [0.29, 0.717) is 11.3 Å². The van der Waals surface area contributed by atoms with Gasteiger partial charge in [0, 0.05) is 0 Å². The number of nitrogens with two attached hydrogens (primary N) is 1. The lowest BCUT2D eigenvalue weighted by Crippen LogP contribution is -2.36. The summed E-state index contributed by atoms with van der Waals surface area (Å²) in [5.74, 6) is 0.0843. The predicted molar refractivity (Wildman–Crippen MR) is 66.1 cm³/mol. The Morgan fingerprint density at radius 3 is 2.78 bits per heavy atom. The average molecular weight is 274 g/mol. The van der Waals surface area contributed by atoms with Crippen molar-refractivity contribution in [1.82, 2.24) is 9.71 Å². The Kier molecular flexibility index (Phi) is 4.32. The summed E-state index contributed by atoms with van der Waals surface area (Å²) in [5, 5.41) is 0. The first kappa shape index (κ1) is 14.0. The number of hydrogen-bond acceptors (Lipinski definition) is 6. The molecular weight excluding hydrogens is 260 g/mol. The van der Waals surface area contributed by atoms with Crippen molar-refractivity contribution in [2.45, 2.75) is 13.8 Å². The first-order valence-electron chi connectivity index (χ1n) is 5.03. The number of amides is 1. The lowest BCUT2D eigenvalue weighted by molar-refractivity contribution is 0.159. The van der Waals surface area contributed by atoms with Gasteiger partial charge in [-0.3, -0.25) is 0 Å². The van der Waals surface area contributed by atoms with E-state index in [1.807, 2.05) is 0 Å². The smallest absolute Gasteiger partial charge is 0.422 e. The third-order valence-electron chi connectivity index (χ3n) is 1.82. The second-order valence-corrected chi connectivity index (χ2v) is 4.78. The number of anilines is 2. The number of nitrogen functional groups attached to an aromatic ring is 1. The van der Waals surface area contributed by atoms with Crippen molar-refractivity contribution in [2.75, 3.05) is 17.1 Å². The van der Waals surface area contributed by atoms with E-state index < -0.39 is 16.3 Å². The van der Waals surface area contributed by atoms with E-state index in [1.54, 1.807) is 24.6 Å². The van der Waals surface area contributed by atoms with Gasteiger partial charge in [0.2, 0.25) is 0 Å². The zero-order chi connectivity index (χ0) is 13.8. The Bertz CT molecular complexity index is 543. The maximum atomic E-state index is 11.5. The van der Waals surface area contributed by atoms with Crippen LogP contribution in [0.25, 0.3) is 0 Å². The quantitative estimate of drug-likeness (QED) is 0.729. The molecule has 4 N–H and O–H groups in total. The lowest BCUT2D eigenvalue weighted by Gasteiger charge is -2.10. The van der Waals surface area contributed by atoms with Crippen molar-refractivity contribution in [3.8, 4) is 0 Å². The van der Waals surface area contributed by atoms with Crippen LogP contribution < -0.4 is 15.2 Å². The van der Waals surface area contributed by atoms with Gasteiger partial charge >= 0.3 is 16.3 Å². The van der Waals surface area contributed by atoms with Crippen molar-refractivity contribution < 1.29 is 17.9 Å². The zero-order valence-electron chi connectivity index (χ0n) is 9.93. The number of rotatable bonds is 4. The van der Waals surface area contributed by atoms with Crippen LogP contribution in [0.1, 0.15) is 12.5 Å². The van der Waals surface area contributed by atoms with E-state index in [1.165, 1.54) is 6.20 Å². The van der Waals surface area contributed by atoms with E-state index in [4.69, 9.17) is 5.73 Å². The fourth-order valence-corrected chi connectivity index (χ4v) is 1.92.